The van der Waals surface area contributed by atoms with Crippen molar-refractivity contribution < 1.29 is 21.6 Å². The molecule has 0 atom stereocenters. The molecule has 0 spiro atoms. The van der Waals surface area contributed by atoms with Crippen molar-refractivity contribution in [3.63, 3.8) is 0 Å². The highest BCUT2D eigenvalue weighted by Crippen LogP contribution is 2.30. The number of sulfone groups is 1. The van der Waals surface area contributed by atoms with E-state index in [2.05, 4.69) is 15.1 Å². The fourth-order valence-corrected chi connectivity index (χ4v) is 3.45. The number of hydrogen-bond donors (Lipinski definition) is 0. The van der Waals surface area contributed by atoms with E-state index in [4.69, 9.17) is 0 Å². The van der Waals surface area contributed by atoms with Gasteiger partial charge in [0.25, 0.3) is 0 Å². The third-order valence-electron chi connectivity index (χ3n) is 3.85. The summed E-state index contributed by atoms with van der Waals surface area (Å²) in [7, 11) is -3.58. The number of aryl methyl sites for hydroxylation is 1. The molecule has 0 aliphatic rings. The van der Waals surface area contributed by atoms with Gasteiger partial charge in [0.05, 0.1) is 16.3 Å². The van der Waals surface area contributed by atoms with Crippen LogP contribution in [0.25, 0.3) is 17.0 Å². The summed E-state index contributed by atoms with van der Waals surface area (Å²) < 4.78 is 64.2. The van der Waals surface area contributed by atoms with Crippen LogP contribution in [-0.4, -0.2) is 33.8 Å². The van der Waals surface area contributed by atoms with E-state index >= 15 is 0 Å². The van der Waals surface area contributed by atoms with Crippen LogP contribution in [0.5, 0.6) is 0 Å². The highest BCUT2D eigenvalue weighted by Gasteiger charge is 2.34. The van der Waals surface area contributed by atoms with Crippen molar-refractivity contribution in [1.29, 1.82) is 0 Å². The average Bonchev–Trinajstić information content (AvgIpc) is 3.04. The van der Waals surface area contributed by atoms with Crippen LogP contribution in [0.2, 0.25) is 0 Å². The van der Waals surface area contributed by atoms with Crippen LogP contribution in [0, 0.1) is 0 Å². The Balaban J connectivity index is 2.22. The van der Waals surface area contributed by atoms with Crippen molar-refractivity contribution in [3.05, 3.63) is 41.9 Å². The SMILES string of the molecule is CCc1ccc(S(=O)(=O)CC)c(-c2ccn3nc(C(F)(F)F)cc3n2)n1. The van der Waals surface area contributed by atoms with Gasteiger partial charge in [0, 0.05) is 18.0 Å². The van der Waals surface area contributed by atoms with E-state index < -0.39 is 21.7 Å². The van der Waals surface area contributed by atoms with Crippen LogP contribution >= 0.6 is 0 Å². The first-order chi connectivity index (χ1) is 12.2. The molecule has 0 radical (unpaired) electrons. The molecule has 3 aromatic heterocycles. The number of pyridine rings is 1. The maximum absolute atomic E-state index is 12.8. The fourth-order valence-electron chi connectivity index (χ4n) is 2.42. The zero-order chi connectivity index (χ0) is 19.1. The van der Waals surface area contributed by atoms with Gasteiger partial charge in [-0.05, 0) is 24.6 Å². The van der Waals surface area contributed by atoms with Gasteiger partial charge in [-0.15, -0.1) is 0 Å². The number of aromatic nitrogens is 4. The molecule has 10 heteroatoms. The lowest BCUT2D eigenvalue weighted by molar-refractivity contribution is -0.141. The van der Waals surface area contributed by atoms with Gasteiger partial charge >= 0.3 is 6.18 Å². The topological polar surface area (TPSA) is 77.2 Å². The highest BCUT2D eigenvalue weighted by atomic mass is 32.2. The molecule has 0 bridgehead atoms. The molecule has 0 saturated heterocycles. The third-order valence-corrected chi connectivity index (χ3v) is 5.61. The van der Waals surface area contributed by atoms with Gasteiger partial charge < -0.3 is 0 Å². The largest absolute Gasteiger partial charge is 0.435 e. The summed E-state index contributed by atoms with van der Waals surface area (Å²) in [6.07, 6.45) is -2.72. The molecular weight excluding hydrogens is 369 g/mol. The quantitative estimate of drug-likeness (QED) is 0.691. The van der Waals surface area contributed by atoms with Crippen LogP contribution in [0.1, 0.15) is 25.2 Å². The van der Waals surface area contributed by atoms with Gasteiger partial charge in [0.2, 0.25) is 0 Å². The summed E-state index contributed by atoms with van der Waals surface area (Å²) >= 11 is 0. The lowest BCUT2D eigenvalue weighted by Crippen LogP contribution is -2.08. The third kappa shape index (κ3) is 3.28. The van der Waals surface area contributed by atoms with Crippen molar-refractivity contribution >= 4 is 15.5 Å². The molecule has 6 nitrogen and oxygen atoms in total. The monoisotopic (exact) mass is 384 g/mol. The number of hydrogen-bond acceptors (Lipinski definition) is 5. The van der Waals surface area contributed by atoms with E-state index in [0.29, 0.717) is 12.1 Å². The Bertz CT molecular complexity index is 1070. The minimum Gasteiger partial charge on any atom is -0.250 e. The van der Waals surface area contributed by atoms with Crippen LogP contribution in [-0.2, 0) is 22.4 Å². The summed E-state index contributed by atoms with van der Waals surface area (Å²) in [5.41, 5.74) is -0.157. The first-order valence-electron chi connectivity index (χ1n) is 7.82. The molecule has 0 N–H and O–H groups in total. The molecule has 0 unspecified atom stereocenters. The molecule has 0 amide bonds. The second-order valence-electron chi connectivity index (χ2n) is 5.55. The van der Waals surface area contributed by atoms with Gasteiger partial charge in [0.15, 0.2) is 21.2 Å². The normalized spacial score (nSPS) is 12.7. The Morgan fingerprint density at radius 3 is 2.46 bits per heavy atom. The fraction of sp³-hybridized carbons (Fsp3) is 0.312. The standard InChI is InChI=1S/C16H15F3N4O2S/c1-3-10-5-6-12(26(24,25)4-2)15(20-10)11-7-8-23-14(21-11)9-13(22-23)16(17,18)19/h5-9H,3-4H2,1-2H3. The van der Waals surface area contributed by atoms with E-state index in [9.17, 15) is 21.6 Å². The van der Waals surface area contributed by atoms with Gasteiger partial charge in [-0.3, -0.25) is 0 Å². The number of fused-ring (bicyclic) bond motifs is 1. The van der Waals surface area contributed by atoms with Crippen LogP contribution in [0.3, 0.4) is 0 Å². The summed E-state index contributed by atoms with van der Waals surface area (Å²) in [4.78, 5) is 8.49. The van der Waals surface area contributed by atoms with E-state index in [1.165, 1.54) is 25.3 Å². The second kappa shape index (κ2) is 6.35. The van der Waals surface area contributed by atoms with Gasteiger partial charge in [-0.2, -0.15) is 18.3 Å². The van der Waals surface area contributed by atoms with Crippen molar-refractivity contribution in [2.24, 2.45) is 0 Å². The van der Waals surface area contributed by atoms with E-state index in [1.54, 1.807) is 6.07 Å². The summed E-state index contributed by atoms with van der Waals surface area (Å²) in [5, 5.41) is 3.43. The molecule has 26 heavy (non-hydrogen) atoms. The number of rotatable bonds is 4. The number of alkyl halides is 3. The zero-order valence-electron chi connectivity index (χ0n) is 13.9. The van der Waals surface area contributed by atoms with Gasteiger partial charge in [-0.1, -0.05) is 13.8 Å². The smallest absolute Gasteiger partial charge is 0.250 e. The van der Waals surface area contributed by atoms with E-state index in [-0.39, 0.29) is 27.7 Å². The molecule has 3 aromatic rings. The molecule has 3 heterocycles. The maximum atomic E-state index is 12.8. The molecule has 0 saturated carbocycles. The van der Waals surface area contributed by atoms with Crippen molar-refractivity contribution in [2.45, 2.75) is 31.3 Å². The summed E-state index contributed by atoms with van der Waals surface area (Å²) in [5.74, 6) is -0.125. The Kier molecular flexibility index (Phi) is 4.47. The predicted molar refractivity (Wildman–Crippen MR) is 88.3 cm³/mol. The molecule has 0 aromatic carbocycles. The average molecular weight is 384 g/mol. The van der Waals surface area contributed by atoms with Crippen molar-refractivity contribution in [2.75, 3.05) is 5.75 Å². The second-order valence-corrected chi connectivity index (χ2v) is 7.80. The van der Waals surface area contributed by atoms with Crippen LogP contribution in [0.4, 0.5) is 13.2 Å². The zero-order valence-corrected chi connectivity index (χ0v) is 14.8. The molecule has 138 valence electrons. The Labute approximate surface area is 147 Å². The molecular formula is C16H15F3N4O2S. The Morgan fingerprint density at radius 1 is 1.12 bits per heavy atom. The molecule has 0 aliphatic heterocycles. The predicted octanol–water partition coefficient (Wildman–Crippen LogP) is 3.17. The summed E-state index contributed by atoms with van der Waals surface area (Å²) in [6.45, 7) is 3.37. The lowest BCUT2D eigenvalue weighted by Gasteiger charge is -2.10. The Hall–Kier alpha value is -2.49. The van der Waals surface area contributed by atoms with Crippen molar-refractivity contribution in [1.82, 2.24) is 19.6 Å². The van der Waals surface area contributed by atoms with E-state index in [1.807, 2.05) is 6.92 Å². The van der Waals surface area contributed by atoms with E-state index in [0.717, 1.165) is 10.6 Å². The number of nitrogens with zero attached hydrogens (tertiary/aromatic N) is 4. The molecule has 3 rings (SSSR count). The van der Waals surface area contributed by atoms with Crippen LogP contribution < -0.4 is 0 Å². The van der Waals surface area contributed by atoms with Crippen LogP contribution in [0.15, 0.2) is 35.4 Å². The lowest BCUT2D eigenvalue weighted by atomic mass is 10.2. The minimum absolute atomic E-state index is 0.00427. The first kappa shape index (κ1) is 18.3. The molecule has 0 aliphatic carbocycles. The highest BCUT2D eigenvalue weighted by molar-refractivity contribution is 7.91. The van der Waals surface area contributed by atoms with Gasteiger partial charge in [-0.25, -0.2) is 22.9 Å². The Morgan fingerprint density at radius 2 is 1.85 bits per heavy atom. The minimum atomic E-state index is -4.59. The molecule has 0 fully saturated rings. The van der Waals surface area contributed by atoms with Crippen molar-refractivity contribution in [3.8, 4) is 11.4 Å². The van der Waals surface area contributed by atoms with Gasteiger partial charge in [0.1, 0.15) is 5.69 Å². The summed E-state index contributed by atoms with van der Waals surface area (Å²) in [6, 6.07) is 5.28. The number of halogens is 3. The maximum Gasteiger partial charge on any atom is 0.435 e. The first-order valence-corrected chi connectivity index (χ1v) is 9.47.